The molecule has 0 saturated heterocycles. The number of rotatable bonds is 4. The average molecular weight is 279 g/mol. The summed E-state index contributed by atoms with van der Waals surface area (Å²) in [4.78, 5) is 12.2. The van der Waals surface area contributed by atoms with Crippen LogP contribution in [0.15, 0.2) is 39.8 Å². The Labute approximate surface area is 116 Å². The Bertz CT molecular complexity index is 565. The number of hydrogen-bond acceptors (Lipinski definition) is 4. The Hall–Kier alpha value is -1.33. The summed E-state index contributed by atoms with van der Waals surface area (Å²) in [6, 6.07) is 7.30. The van der Waals surface area contributed by atoms with Gasteiger partial charge in [0.05, 0.1) is 18.4 Å². The molecule has 0 aliphatic carbocycles. The van der Waals surface area contributed by atoms with Crippen LogP contribution in [0.2, 0.25) is 0 Å². The first kappa shape index (κ1) is 13.1. The average Bonchev–Trinajstić information content (AvgIpc) is 2.83. The van der Waals surface area contributed by atoms with Crippen molar-refractivity contribution in [3.8, 4) is 0 Å². The van der Waals surface area contributed by atoms with Crippen LogP contribution in [0.1, 0.15) is 21.7 Å². The van der Waals surface area contributed by atoms with Crippen LogP contribution in [0.3, 0.4) is 0 Å². The third-order valence-electron chi connectivity index (χ3n) is 2.60. The molecule has 0 amide bonds. The van der Waals surface area contributed by atoms with Gasteiger partial charge in [0, 0.05) is 10.6 Å². The quantitative estimate of drug-likeness (QED) is 0.750. The number of furan rings is 1. The lowest BCUT2D eigenvalue weighted by atomic mass is 10.1. The van der Waals surface area contributed by atoms with Gasteiger partial charge < -0.3 is 9.73 Å². The number of hydrogen-bond donors (Lipinski definition) is 3. The van der Waals surface area contributed by atoms with E-state index in [-0.39, 0.29) is 5.12 Å². The summed E-state index contributed by atoms with van der Waals surface area (Å²) >= 11 is 8.18. The summed E-state index contributed by atoms with van der Waals surface area (Å²) in [5.74, 6) is 0.806. The highest BCUT2D eigenvalue weighted by Gasteiger charge is 2.10. The SMILES string of the molecule is Cc1cc(NCc2ccco2)c(C(=O)S)cc1S. The van der Waals surface area contributed by atoms with Crippen molar-refractivity contribution in [1.29, 1.82) is 0 Å². The van der Waals surface area contributed by atoms with Gasteiger partial charge >= 0.3 is 0 Å². The van der Waals surface area contributed by atoms with Crippen LogP contribution in [-0.4, -0.2) is 5.12 Å². The second-order valence-electron chi connectivity index (χ2n) is 3.92. The highest BCUT2D eigenvalue weighted by Crippen LogP contribution is 2.25. The number of anilines is 1. The first-order chi connectivity index (χ1) is 8.58. The summed E-state index contributed by atoms with van der Waals surface area (Å²) in [5, 5.41) is 2.88. The second-order valence-corrected chi connectivity index (χ2v) is 4.81. The molecule has 94 valence electrons. The third-order valence-corrected chi connectivity index (χ3v) is 3.32. The fourth-order valence-corrected chi connectivity index (χ4v) is 1.99. The van der Waals surface area contributed by atoms with Crippen molar-refractivity contribution in [2.75, 3.05) is 5.32 Å². The molecule has 3 nitrogen and oxygen atoms in total. The minimum absolute atomic E-state index is 0.285. The minimum Gasteiger partial charge on any atom is -0.467 e. The van der Waals surface area contributed by atoms with Crippen LogP contribution in [-0.2, 0) is 6.54 Å². The Morgan fingerprint density at radius 3 is 2.83 bits per heavy atom. The minimum atomic E-state index is -0.285. The normalized spacial score (nSPS) is 10.4. The molecular formula is C13H13NO2S2. The van der Waals surface area contributed by atoms with Gasteiger partial charge in [-0.3, -0.25) is 4.79 Å². The monoisotopic (exact) mass is 279 g/mol. The van der Waals surface area contributed by atoms with Gasteiger partial charge in [0.2, 0.25) is 5.12 Å². The van der Waals surface area contributed by atoms with Crippen molar-refractivity contribution in [3.05, 3.63) is 47.4 Å². The van der Waals surface area contributed by atoms with E-state index in [1.807, 2.05) is 25.1 Å². The highest BCUT2D eigenvalue weighted by molar-refractivity contribution is 7.97. The van der Waals surface area contributed by atoms with Crippen molar-refractivity contribution >= 4 is 36.1 Å². The van der Waals surface area contributed by atoms with Crippen molar-refractivity contribution in [1.82, 2.24) is 0 Å². The predicted octanol–water partition coefficient (Wildman–Crippen LogP) is 3.56. The lowest BCUT2D eigenvalue weighted by Crippen LogP contribution is -2.04. The van der Waals surface area contributed by atoms with Gasteiger partial charge in [-0.2, -0.15) is 0 Å². The lowest BCUT2D eigenvalue weighted by Gasteiger charge is -2.11. The van der Waals surface area contributed by atoms with Crippen molar-refractivity contribution in [2.24, 2.45) is 0 Å². The van der Waals surface area contributed by atoms with Gasteiger partial charge in [-0.25, -0.2) is 0 Å². The maximum atomic E-state index is 11.5. The van der Waals surface area contributed by atoms with E-state index >= 15 is 0 Å². The molecule has 0 atom stereocenters. The molecule has 0 bridgehead atoms. The van der Waals surface area contributed by atoms with Crippen LogP contribution in [0.4, 0.5) is 5.69 Å². The number of nitrogens with one attached hydrogen (secondary N) is 1. The number of aryl methyl sites for hydroxylation is 1. The van der Waals surface area contributed by atoms with Gasteiger partial charge in [0.1, 0.15) is 5.76 Å². The van der Waals surface area contributed by atoms with Gasteiger partial charge in [-0.05, 0) is 36.8 Å². The van der Waals surface area contributed by atoms with E-state index in [1.165, 1.54) is 0 Å². The van der Waals surface area contributed by atoms with E-state index in [0.717, 1.165) is 21.9 Å². The fourth-order valence-electron chi connectivity index (χ4n) is 1.62. The topological polar surface area (TPSA) is 42.2 Å². The number of benzene rings is 1. The van der Waals surface area contributed by atoms with E-state index in [1.54, 1.807) is 12.3 Å². The molecule has 1 aromatic carbocycles. The van der Waals surface area contributed by atoms with Crippen LogP contribution in [0.5, 0.6) is 0 Å². The molecule has 18 heavy (non-hydrogen) atoms. The summed E-state index contributed by atoms with van der Waals surface area (Å²) in [6.45, 7) is 2.46. The molecule has 0 aliphatic heterocycles. The molecule has 0 spiro atoms. The molecular weight excluding hydrogens is 266 g/mol. The van der Waals surface area contributed by atoms with Gasteiger partial charge in [0.15, 0.2) is 0 Å². The zero-order chi connectivity index (χ0) is 13.1. The first-order valence-corrected chi connectivity index (χ1v) is 6.30. The first-order valence-electron chi connectivity index (χ1n) is 5.41. The largest absolute Gasteiger partial charge is 0.467 e. The molecule has 1 N–H and O–H groups in total. The Morgan fingerprint density at radius 1 is 1.44 bits per heavy atom. The van der Waals surface area contributed by atoms with Crippen LogP contribution in [0.25, 0.3) is 0 Å². The fraction of sp³-hybridized carbons (Fsp3) is 0.154. The molecule has 2 rings (SSSR count). The predicted molar refractivity (Wildman–Crippen MR) is 77.8 cm³/mol. The smallest absolute Gasteiger partial charge is 0.218 e. The van der Waals surface area contributed by atoms with Crippen molar-refractivity contribution in [3.63, 3.8) is 0 Å². The zero-order valence-corrected chi connectivity index (χ0v) is 11.6. The summed E-state index contributed by atoms with van der Waals surface area (Å²) in [6.07, 6.45) is 1.61. The van der Waals surface area contributed by atoms with Crippen LogP contribution < -0.4 is 5.32 Å². The number of carbonyl (C=O) groups is 1. The van der Waals surface area contributed by atoms with Crippen LogP contribution >= 0.6 is 25.3 Å². The van der Waals surface area contributed by atoms with E-state index < -0.39 is 0 Å². The van der Waals surface area contributed by atoms with Gasteiger partial charge in [-0.15, -0.1) is 25.3 Å². The summed E-state index contributed by atoms with van der Waals surface area (Å²) in [5.41, 5.74) is 2.25. The number of thiol groups is 2. The van der Waals surface area contributed by atoms with E-state index in [9.17, 15) is 4.79 Å². The van der Waals surface area contributed by atoms with Gasteiger partial charge in [-0.1, -0.05) is 0 Å². The maximum absolute atomic E-state index is 11.5. The lowest BCUT2D eigenvalue weighted by molar-refractivity contribution is 0.109. The Balaban J connectivity index is 2.25. The standard InChI is InChI=1S/C13H13NO2S2/c1-8-5-11(10(13(15)18)6-12(8)17)14-7-9-3-2-4-16-9/h2-6,14,17H,7H2,1H3,(H,15,18). The molecule has 1 aromatic heterocycles. The van der Waals surface area contributed by atoms with E-state index in [0.29, 0.717) is 12.1 Å². The zero-order valence-electron chi connectivity index (χ0n) is 9.80. The number of carbonyl (C=O) groups excluding carboxylic acids is 1. The molecule has 1 heterocycles. The van der Waals surface area contributed by atoms with Crippen molar-refractivity contribution < 1.29 is 9.21 Å². The molecule has 2 aromatic rings. The third kappa shape index (κ3) is 2.91. The summed E-state index contributed by atoms with van der Waals surface area (Å²) < 4.78 is 5.23. The van der Waals surface area contributed by atoms with E-state index in [2.05, 4.69) is 30.6 Å². The highest BCUT2D eigenvalue weighted by atomic mass is 32.1. The van der Waals surface area contributed by atoms with Crippen LogP contribution in [0, 0.1) is 6.92 Å². The Kier molecular flexibility index (Phi) is 4.04. The summed E-state index contributed by atoms with van der Waals surface area (Å²) in [7, 11) is 0. The van der Waals surface area contributed by atoms with E-state index in [4.69, 9.17) is 4.42 Å². The molecule has 0 aliphatic rings. The van der Waals surface area contributed by atoms with Gasteiger partial charge in [0.25, 0.3) is 0 Å². The maximum Gasteiger partial charge on any atom is 0.218 e. The molecule has 0 unspecified atom stereocenters. The van der Waals surface area contributed by atoms with Crippen molar-refractivity contribution in [2.45, 2.75) is 18.4 Å². The molecule has 0 fully saturated rings. The molecule has 0 saturated carbocycles. The molecule has 5 heteroatoms. The second kappa shape index (κ2) is 5.54. The Morgan fingerprint density at radius 2 is 2.22 bits per heavy atom. The molecule has 0 radical (unpaired) electrons.